The van der Waals surface area contributed by atoms with Crippen molar-refractivity contribution in [3.05, 3.63) is 23.0 Å². The van der Waals surface area contributed by atoms with Gasteiger partial charge in [0.05, 0.1) is 16.4 Å². The van der Waals surface area contributed by atoms with Crippen LogP contribution in [0.5, 0.6) is 0 Å². The zero-order valence-corrected chi connectivity index (χ0v) is 13.2. The predicted molar refractivity (Wildman–Crippen MR) is 82.8 cm³/mol. The summed E-state index contributed by atoms with van der Waals surface area (Å²) in [6.45, 7) is 9.02. The molecule has 0 saturated heterocycles. The number of nitrogens with one attached hydrogen (secondary N) is 1. The van der Waals surface area contributed by atoms with Crippen LogP contribution in [0.2, 0.25) is 5.02 Å². The second-order valence-electron chi connectivity index (χ2n) is 6.82. The highest BCUT2D eigenvalue weighted by molar-refractivity contribution is 6.33. The molecule has 106 valence electrons. The summed E-state index contributed by atoms with van der Waals surface area (Å²) in [7, 11) is 0. The Morgan fingerprint density at radius 2 is 1.84 bits per heavy atom. The third-order valence-electron chi connectivity index (χ3n) is 4.38. The molecule has 1 aliphatic rings. The smallest absolute Gasteiger partial charge is 0.0849 e. The summed E-state index contributed by atoms with van der Waals surface area (Å²) in [5.74, 6) is 0.847. The normalized spacial score (nSPS) is 24.3. The zero-order chi connectivity index (χ0) is 14.0. The molecule has 0 aromatic carbocycles. The summed E-state index contributed by atoms with van der Waals surface area (Å²) < 4.78 is 0. The van der Waals surface area contributed by atoms with Gasteiger partial charge >= 0.3 is 0 Å². The summed E-state index contributed by atoms with van der Waals surface area (Å²) in [6, 6.07) is 2.53. The van der Waals surface area contributed by atoms with Crippen LogP contribution in [0.25, 0.3) is 0 Å². The van der Waals surface area contributed by atoms with Gasteiger partial charge in [-0.1, -0.05) is 32.4 Å². The van der Waals surface area contributed by atoms with E-state index in [1.807, 2.05) is 19.2 Å². The number of nitrogens with zero attached hydrogens (tertiary/aromatic N) is 1. The van der Waals surface area contributed by atoms with Crippen LogP contribution in [0, 0.1) is 18.3 Å². The largest absolute Gasteiger partial charge is 0.381 e. The molecule has 2 rings (SSSR count). The third kappa shape index (κ3) is 3.62. The van der Waals surface area contributed by atoms with Crippen molar-refractivity contribution < 1.29 is 0 Å². The Balaban J connectivity index is 1.94. The lowest BCUT2D eigenvalue weighted by Gasteiger charge is -2.37. The Labute approximate surface area is 122 Å². The molecule has 19 heavy (non-hydrogen) atoms. The SMILES string of the molecule is Cc1nccc(NC2CCC(C(C)(C)C)CC2)c1Cl. The third-order valence-corrected chi connectivity index (χ3v) is 4.85. The van der Waals surface area contributed by atoms with Crippen LogP contribution in [-0.2, 0) is 0 Å². The first kappa shape index (κ1) is 14.6. The Hall–Kier alpha value is -0.760. The standard InChI is InChI=1S/C16H25ClN2/c1-11-15(17)14(9-10-18-11)19-13-7-5-12(6-8-13)16(2,3)4/h9-10,12-13H,5-8H2,1-4H3,(H,18,19). The van der Waals surface area contributed by atoms with Crippen LogP contribution < -0.4 is 5.32 Å². The van der Waals surface area contributed by atoms with Crippen molar-refractivity contribution in [1.82, 2.24) is 4.98 Å². The van der Waals surface area contributed by atoms with E-state index in [0.717, 1.165) is 22.3 Å². The molecule has 0 amide bonds. The Kier molecular flexibility index (Phi) is 4.39. The van der Waals surface area contributed by atoms with Gasteiger partial charge in [0.2, 0.25) is 0 Å². The van der Waals surface area contributed by atoms with Gasteiger partial charge in [-0.2, -0.15) is 0 Å². The van der Waals surface area contributed by atoms with E-state index in [0.29, 0.717) is 11.5 Å². The first-order valence-corrected chi connectivity index (χ1v) is 7.63. The fourth-order valence-corrected chi connectivity index (χ4v) is 3.15. The van der Waals surface area contributed by atoms with Crippen LogP contribution in [0.1, 0.15) is 52.1 Å². The minimum atomic E-state index is 0.440. The van der Waals surface area contributed by atoms with E-state index < -0.39 is 0 Å². The Morgan fingerprint density at radius 3 is 2.42 bits per heavy atom. The molecule has 0 bridgehead atoms. The number of aromatic nitrogens is 1. The molecule has 1 aliphatic carbocycles. The van der Waals surface area contributed by atoms with Crippen LogP contribution in [0.3, 0.4) is 0 Å². The quantitative estimate of drug-likeness (QED) is 0.819. The molecule has 1 aromatic heterocycles. The monoisotopic (exact) mass is 280 g/mol. The Bertz CT molecular complexity index is 429. The van der Waals surface area contributed by atoms with Crippen LogP contribution >= 0.6 is 11.6 Å². The van der Waals surface area contributed by atoms with Gasteiger partial charge < -0.3 is 5.32 Å². The Morgan fingerprint density at radius 1 is 1.21 bits per heavy atom. The minimum Gasteiger partial charge on any atom is -0.381 e. The van der Waals surface area contributed by atoms with Crippen molar-refractivity contribution in [1.29, 1.82) is 0 Å². The van der Waals surface area contributed by atoms with E-state index in [1.54, 1.807) is 0 Å². The number of hydrogen-bond acceptors (Lipinski definition) is 2. The fraction of sp³-hybridized carbons (Fsp3) is 0.688. The number of halogens is 1. The van der Waals surface area contributed by atoms with Gasteiger partial charge in [-0.25, -0.2) is 0 Å². The second-order valence-corrected chi connectivity index (χ2v) is 7.19. The van der Waals surface area contributed by atoms with Gasteiger partial charge in [-0.3, -0.25) is 4.98 Å². The van der Waals surface area contributed by atoms with Crippen molar-refractivity contribution in [3.63, 3.8) is 0 Å². The maximum Gasteiger partial charge on any atom is 0.0849 e. The summed E-state index contributed by atoms with van der Waals surface area (Å²) in [6.07, 6.45) is 6.91. The molecule has 0 unspecified atom stereocenters. The molecule has 1 aromatic rings. The minimum absolute atomic E-state index is 0.440. The summed E-state index contributed by atoms with van der Waals surface area (Å²) in [5.41, 5.74) is 2.37. The van der Waals surface area contributed by atoms with E-state index >= 15 is 0 Å². The van der Waals surface area contributed by atoms with Crippen molar-refractivity contribution in [3.8, 4) is 0 Å². The topological polar surface area (TPSA) is 24.9 Å². The van der Waals surface area contributed by atoms with Crippen LogP contribution in [0.4, 0.5) is 5.69 Å². The first-order chi connectivity index (χ1) is 8.88. The van der Waals surface area contributed by atoms with Crippen LogP contribution in [-0.4, -0.2) is 11.0 Å². The van der Waals surface area contributed by atoms with Crippen molar-refractivity contribution in [2.45, 2.75) is 59.4 Å². The molecular formula is C16H25ClN2. The van der Waals surface area contributed by atoms with Gasteiger partial charge in [-0.05, 0) is 50.0 Å². The number of pyridine rings is 1. The van der Waals surface area contributed by atoms with Gasteiger partial charge in [0, 0.05) is 12.2 Å². The lowest BCUT2D eigenvalue weighted by atomic mass is 9.71. The summed E-state index contributed by atoms with van der Waals surface area (Å²) >= 11 is 6.29. The van der Waals surface area contributed by atoms with Gasteiger partial charge in [0.15, 0.2) is 0 Å². The molecule has 1 N–H and O–H groups in total. The summed E-state index contributed by atoms with van der Waals surface area (Å²) in [4.78, 5) is 4.20. The molecule has 1 heterocycles. The maximum atomic E-state index is 6.29. The second kappa shape index (κ2) is 5.70. The van der Waals surface area contributed by atoms with Gasteiger partial charge in [-0.15, -0.1) is 0 Å². The summed E-state index contributed by atoms with van der Waals surface area (Å²) in [5, 5.41) is 4.35. The zero-order valence-electron chi connectivity index (χ0n) is 12.5. The lowest BCUT2D eigenvalue weighted by Crippen LogP contribution is -2.31. The predicted octanol–water partition coefficient (Wildman–Crippen LogP) is 5.06. The number of aryl methyl sites for hydroxylation is 1. The highest BCUT2D eigenvalue weighted by Gasteiger charge is 2.29. The molecule has 0 atom stereocenters. The van der Waals surface area contributed by atoms with Crippen LogP contribution in [0.15, 0.2) is 12.3 Å². The highest BCUT2D eigenvalue weighted by atomic mass is 35.5. The fourth-order valence-electron chi connectivity index (χ4n) is 2.98. The van der Waals surface area contributed by atoms with Crippen molar-refractivity contribution >= 4 is 17.3 Å². The molecular weight excluding hydrogens is 256 g/mol. The first-order valence-electron chi connectivity index (χ1n) is 7.25. The van der Waals surface area contributed by atoms with Crippen molar-refractivity contribution in [2.24, 2.45) is 11.3 Å². The average molecular weight is 281 g/mol. The number of rotatable bonds is 2. The van der Waals surface area contributed by atoms with E-state index in [4.69, 9.17) is 11.6 Å². The number of hydrogen-bond donors (Lipinski definition) is 1. The molecule has 0 radical (unpaired) electrons. The van der Waals surface area contributed by atoms with E-state index in [-0.39, 0.29) is 0 Å². The highest BCUT2D eigenvalue weighted by Crippen LogP contribution is 2.38. The molecule has 0 aliphatic heterocycles. The molecule has 1 saturated carbocycles. The molecule has 1 fully saturated rings. The molecule has 3 heteroatoms. The van der Waals surface area contributed by atoms with Gasteiger partial charge in [0.1, 0.15) is 0 Å². The van der Waals surface area contributed by atoms with E-state index in [1.165, 1.54) is 25.7 Å². The van der Waals surface area contributed by atoms with Gasteiger partial charge in [0.25, 0.3) is 0 Å². The lowest BCUT2D eigenvalue weighted by molar-refractivity contribution is 0.173. The van der Waals surface area contributed by atoms with Crippen molar-refractivity contribution in [2.75, 3.05) is 5.32 Å². The molecule has 2 nitrogen and oxygen atoms in total. The number of anilines is 1. The molecule has 0 spiro atoms. The van der Waals surface area contributed by atoms with E-state index in [2.05, 4.69) is 31.1 Å². The average Bonchev–Trinajstić information content (AvgIpc) is 2.35. The maximum absolute atomic E-state index is 6.29. The van der Waals surface area contributed by atoms with E-state index in [9.17, 15) is 0 Å².